The van der Waals surface area contributed by atoms with Crippen LogP contribution < -0.4 is 10.1 Å². The molecule has 1 aromatic heterocycles. The largest absolute Gasteiger partial charge is 0.484 e. The van der Waals surface area contributed by atoms with Gasteiger partial charge in [-0.3, -0.25) is 4.79 Å². The third-order valence-corrected chi connectivity index (χ3v) is 4.90. The molecule has 0 fully saturated rings. The fourth-order valence-corrected chi connectivity index (χ4v) is 3.71. The predicted octanol–water partition coefficient (Wildman–Crippen LogP) is 5.26. The van der Waals surface area contributed by atoms with E-state index in [1.54, 1.807) is 31.2 Å². The Hall–Kier alpha value is -2.83. The van der Waals surface area contributed by atoms with Gasteiger partial charge in [0, 0.05) is 16.0 Å². The molecular weight excluding hydrogens is 398 g/mol. The van der Waals surface area contributed by atoms with Gasteiger partial charge in [-0.15, -0.1) is 11.3 Å². The van der Waals surface area contributed by atoms with E-state index in [0.717, 1.165) is 11.1 Å². The standard InChI is InChI=1S/C21H18ClNO4S/c1-2-26-21(25)19-17(14-7-4-3-5-8-14)13-28-20(19)23-18(24)12-27-16-10-6-9-15(22)11-16/h3-11,13H,2,12H2,1H3,(H,23,24). The molecule has 1 heterocycles. The highest BCUT2D eigenvalue weighted by atomic mass is 35.5. The van der Waals surface area contributed by atoms with Crippen LogP contribution in [0.1, 0.15) is 17.3 Å². The molecule has 0 saturated carbocycles. The van der Waals surface area contributed by atoms with Gasteiger partial charge >= 0.3 is 5.97 Å². The second-order valence-corrected chi connectivity index (χ2v) is 7.05. The number of hydrogen-bond acceptors (Lipinski definition) is 5. The van der Waals surface area contributed by atoms with Gasteiger partial charge in [0.05, 0.1) is 6.61 Å². The monoisotopic (exact) mass is 415 g/mol. The van der Waals surface area contributed by atoms with Crippen LogP contribution >= 0.6 is 22.9 Å². The third kappa shape index (κ3) is 4.91. The number of carbonyl (C=O) groups excluding carboxylic acids is 2. The summed E-state index contributed by atoms with van der Waals surface area (Å²) in [5, 5.41) is 5.52. The quantitative estimate of drug-likeness (QED) is 0.534. The summed E-state index contributed by atoms with van der Waals surface area (Å²) in [6, 6.07) is 16.3. The smallest absolute Gasteiger partial charge is 0.341 e. The molecule has 5 nitrogen and oxygen atoms in total. The van der Waals surface area contributed by atoms with Crippen LogP contribution in [0.5, 0.6) is 5.75 Å². The Kier molecular flexibility index (Phi) is 6.68. The lowest BCUT2D eigenvalue weighted by atomic mass is 10.0. The lowest BCUT2D eigenvalue weighted by Gasteiger charge is -2.10. The van der Waals surface area contributed by atoms with E-state index in [9.17, 15) is 9.59 Å². The Labute approximate surface area is 171 Å². The minimum Gasteiger partial charge on any atom is -0.484 e. The van der Waals surface area contributed by atoms with Crippen LogP contribution in [0.4, 0.5) is 5.00 Å². The van der Waals surface area contributed by atoms with Crippen LogP contribution in [-0.4, -0.2) is 25.1 Å². The molecule has 0 aliphatic rings. The molecule has 0 aliphatic heterocycles. The van der Waals surface area contributed by atoms with Crippen molar-refractivity contribution in [1.82, 2.24) is 0 Å². The maximum absolute atomic E-state index is 12.5. The second-order valence-electron chi connectivity index (χ2n) is 5.73. The molecule has 0 aliphatic carbocycles. The van der Waals surface area contributed by atoms with Crippen molar-refractivity contribution in [1.29, 1.82) is 0 Å². The summed E-state index contributed by atoms with van der Waals surface area (Å²) in [7, 11) is 0. The van der Waals surface area contributed by atoms with Gasteiger partial charge in [0.15, 0.2) is 6.61 Å². The first-order chi connectivity index (χ1) is 13.6. The van der Waals surface area contributed by atoms with E-state index in [2.05, 4.69) is 5.32 Å². The minimum atomic E-state index is -0.478. The van der Waals surface area contributed by atoms with Crippen LogP contribution in [0.15, 0.2) is 60.0 Å². The summed E-state index contributed by atoms with van der Waals surface area (Å²) in [4.78, 5) is 24.8. The summed E-state index contributed by atoms with van der Waals surface area (Å²) >= 11 is 7.17. The zero-order valence-corrected chi connectivity index (χ0v) is 16.7. The van der Waals surface area contributed by atoms with E-state index < -0.39 is 5.97 Å². The van der Waals surface area contributed by atoms with Crippen LogP contribution in [0.25, 0.3) is 11.1 Å². The molecule has 1 N–H and O–H groups in total. The van der Waals surface area contributed by atoms with Crippen molar-refractivity contribution in [3.63, 3.8) is 0 Å². The molecule has 1 amide bonds. The number of hydrogen-bond donors (Lipinski definition) is 1. The minimum absolute atomic E-state index is 0.207. The third-order valence-electron chi connectivity index (χ3n) is 3.77. The van der Waals surface area contributed by atoms with Gasteiger partial charge in [0.1, 0.15) is 16.3 Å². The van der Waals surface area contributed by atoms with Gasteiger partial charge in [0.2, 0.25) is 0 Å². The van der Waals surface area contributed by atoms with E-state index in [0.29, 0.717) is 21.3 Å². The van der Waals surface area contributed by atoms with Crippen molar-refractivity contribution >= 4 is 39.8 Å². The molecule has 0 radical (unpaired) electrons. The topological polar surface area (TPSA) is 64.6 Å². The first-order valence-corrected chi connectivity index (χ1v) is 9.86. The molecule has 144 valence electrons. The Morgan fingerprint density at radius 3 is 2.61 bits per heavy atom. The molecule has 2 aromatic carbocycles. The van der Waals surface area contributed by atoms with Gasteiger partial charge in [-0.05, 0) is 30.7 Å². The SMILES string of the molecule is CCOC(=O)c1c(-c2ccccc2)csc1NC(=O)COc1cccc(Cl)c1. The van der Waals surface area contributed by atoms with Crippen molar-refractivity contribution in [3.05, 3.63) is 70.6 Å². The number of esters is 1. The molecule has 0 unspecified atom stereocenters. The highest BCUT2D eigenvalue weighted by Gasteiger charge is 2.22. The van der Waals surface area contributed by atoms with Crippen LogP contribution in [0, 0.1) is 0 Å². The van der Waals surface area contributed by atoms with Gasteiger partial charge < -0.3 is 14.8 Å². The first-order valence-electron chi connectivity index (χ1n) is 8.60. The number of amides is 1. The second kappa shape index (κ2) is 9.39. The van der Waals surface area contributed by atoms with Crippen molar-refractivity contribution in [2.45, 2.75) is 6.92 Å². The first kappa shape index (κ1) is 19.9. The number of carbonyl (C=O) groups is 2. The summed E-state index contributed by atoms with van der Waals surface area (Å²) in [6.45, 7) is 1.78. The molecule has 28 heavy (non-hydrogen) atoms. The molecule has 0 bridgehead atoms. The van der Waals surface area contributed by atoms with Crippen molar-refractivity contribution in [2.75, 3.05) is 18.5 Å². The van der Waals surface area contributed by atoms with E-state index in [-0.39, 0.29) is 19.1 Å². The summed E-state index contributed by atoms with van der Waals surface area (Å²) < 4.78 is 10.6. The Bertz CT molecular complexity index is 972. The fraction of sp³-hybridized carbons (Fsp3) is 0.143. The van der Waals surface area contributed by atoms with Gasteiger partial charge in [-0.25, -0.2) is 4.79 Å². The maximum atomic E-state index is 12.5. The van der Waals surface area contributed by atoms with Gasteiger partial charge in [-0.1, -0.05) is 48.0 Å². The van der Waals surface area contributed by atoms with Crippen LogP contribution in [-0.2, 0) is 9.53 Å². The average molecular weight is 416 g/mol. The Morgan fingerprint density at radius 1 is 1.11 bits per heavy atom. The highest BCUT2D eigenvalue weighted by Crippen LogP contribution is 2.36. The molecule has 0 saturated heterocycles. The maximum Gasteiger partial charge on any atom is 0.341 e. The van der Waals surface area contributed by atoms with Crippen molar-refractivity contribution in [3.8, 4) is 16.9 Å². The molecule has 3 rings (SSSR count). The van der Waals surface area contributed by atoms with E-state index in [1.165, 1.54) is 11.3 Å². The van der Waals surface area contributed by atoms with Crippen molar-refractivity contribution in [2.24, 2.45) is 0 Å². The Balaban J connectivity index is 1.78. The molecule has 3 aromatic rings. The number of nitrogens with one attached hydrogen (secondary N) is 1. The molecule has 0 spiro atoms. The van der Waals surface area contributed by atoms with Crippen LogP contribution in [0.2, 0.25) is 5.02 Å². The molecular formula is C21H18ClNO4S. The zero-order valence-electron chi connectivity index (χ0n) is 15.1. The number of benzene rings is 2. The zero-order chi connectivity index (χ0) is 19.9. The summed E-state index contributed by atoms with van der Waals surface area (Å²) in [5.41, 5.74) is 1.93. The molecule has 0 atom stereocenters. The number of anilines is 1. The number of halogens is 1. The highest BCUT2D eigenvalue weighted by molar-refractivity contribution is 7.15. The normalized spacial score (nSPS) is 10.4. The number of rotatable bonds is 7. The number of thiophene rings is 1. The van der Waals surface area contributed by atoms with Crippen LogP contribution in [0.3, 0.4) is 0 Å². The Morgan fingerprint density at radius 2 is 1.89 bits per heavy atom. The van der Waals surface area contributed by atoms with Crippen molar-refractivity contribution < 1.29 is 19.1 Å². The predicted molar refractivity (Wildman–Crippen MR) is 111 cm³/mol. The average Bonchev–Trinajstić information content (AvgIpc) is 3.11. The van der Waals surface area contributed by atoms with E-state index in [1.807, 2.05) is 35.7 Å². The fourth-order valence-electron chi connectivity index (χ4n) is 2.55. The number of ether oxygens (including phenoxy) is 2. The summed E-state index contributed by atoms with van der Waals surface area (Å²) in [6.07, 6.45) is 0. The summed E-state index contributed by atoms with van der Waals surface area (Å²) in [5.74, 6) is -0.370. The lowest BCUT2D eigenvalue weighted by molar-refractivity contribution is -0.118. The van der Waals surface area contributed by atoms with Gasteiger partial charge in [-0.2, -0.15) is 0 Å². The lowest BCUT2D eigenvalue weighted by Crippen LogP contribution is -2.21. The van der Waals surface area contributed by atoms with Gasteiger partial charge in [0.25, 0.3) is 5.91 Å². The molecule has 7 heteroatoms. The van der Waals surface area contributed by atoms with E-state index in [4.69, 9.17) is 21.1 Å². The van der Waals surface area contributed by atoms with E-state index >= 15 is 0 Å².